The maximum Gasteiger partial charge on any atom is 0.316 e. The lowest BCUT2D eigenvalue weighted by molar-refractivity contribution is -0.137. The molecule has 1 N–H and O–H groups in total. The molecule has 0 spiro atoms. The summed E-state index contributed by atoms with van der Waals surface area (Å²) in [6, 6.07) is 2.10. The van der Waals surface area contributed by atoms with Gasteiger partial charge in [0, 0.05) is 17.3 Å². The summed E-state index contributed by atoms with van der Waals surface area (Å²) in [4.78, 5) is 22.3. The molecule has 19 heavy (non-hydrogen) atoms. The normalized spacial score (nSPS) is 10.7. The Bertz CT molecular complexity index is 598. The minimum absolute atomic E-state index is 0.253. The van der Waals surface area contributed by atoms with Gasteiger partial charge < -0.3 is 10.1 Å². The molecular weight excluding hydrogens is 282 g/mol. The van der Waals surface area contributed by atoms with E-state index in [1.165, 1.54) is 23.7 Å². The molecule has 0 radical (unpaired) electrons. The average Bonchev–Trinajstić information content (AvgIpc) is 2.86. The fraction of sp³-hybridized carbons (Fsp3) is 0.417. The van der Waals surface area contributed by atoms with Crippen LogP contribution in [0.25, 0.3) is 10.2 Å². The predicted octanol–water partition coefficient (Wildman–Crippen LogP) is 2.56. The van der Waals surface area contributed by atoms with Crippen molar-refractivity contribution in [1.29, 1.82) is 0 Å². The third-order valence-corrected chi connectivity index (χ3v) is 4.67. The van der Waals surface area contributed by atoms with Gasteiger partial charge in [0.05, 0.1) is 12.9 Å². The van der Waals surface area contributed by atoms with Crippen LogP contribution in [0, 0.1) is 0 Å². The molecule has 102 valence electrons. The number of methoxy groups -OCH3 is 1. The number of fused-ring (bicyclic) bond motifs is 1. The molecule has 7 heteroatoms. The molecule has 0 unspecified atom stereocenters. The van der Waals surface area contributed by atoms with Crippen molar-refractivity contribution in [3.05, 3.63) is 10.9 Å². The minimum atomic E-state index is -0.256. The van der Waals surface area contributed by atoms with E-state index >= 15 is 0 Å². The standard InChI is InChI=1S/C12H15N3O2S2/c1-4-7-5-8-10(18-6-9(16)17-3)14-12(13-2)15-11(8)19-7/h5H,4,6H2,1-3H3,(H,13,14,15). The van der Waals surface area contributed by atoms with Gasteiger partial charge in [0.25, 0.3) is 0 Å². The van der Waals surface area contributed by atoms with E-state index in [-0.39, 0.29) is 11.7 Å². The number of carbonyl (C=O) groups excluding carboxylic acids is 1. The summed E-state index contributed by atoms with van der Waals surface area (Å²) < 4.78 is 4.65. The van der Waals surface area contributed by atoms with Crippen molar-refractivity contribution < 1.29 is 9.53 Å². The van der Waals surface area contributed by atoms with Crippen molar-refractivity contribution in [3.8, 4) is 0 Å². The lowest BCUT2D eigenvalue weighted by Gasteiger charge is -2.04. The molecule has 2 heterocycles. The number of anilines is 1. The van der Waals surface area contributed by atoms with Crippen LogP contribution >= 0.6 is 23.1 Å². The highest BCUT2D eigenvalue weighted by atomic mass is 32.2. The second kappa shape index (κ2) is 6.21. The number of rotatable bonds is 5. The largest absolute Gasteiger partial charge is 0.468 e. The number of nitrogens with zero attached hydrogens (tertiary/aromatic N) is 2. The van der Waals surface area contributed by atoms with E-state index in [0.717, 1.165) is 21.7 Å². The van der Waals surface area contributed by atoms with Crippen molar-refractivity contribution in [2.24, 2.45) is 0 Å². The highest BCUT2D eigenvalue weighted by molar-refractivity contribution is 8.00. The Hall–Kier alpha value is -1.34. The van der Waals surface area contributed by atoms with E-state index in [9.17, 15) is 4.79 Å². The summed E-state index contributed by atoms with van der Waals surface area (Å²) in [6.07, 6.45) is 0.969. The van der Waals surface area contributed by atoms with Crippen molar-refractivity contribution in [1.82, 2.24) is 9.97 Å². The van der Waals surface area contributed by atoms with E-state index in [1.54, 1.807) is 18.4 Å². The van der Waals surface area contributed by atoms with Crippen molar-refractivity contribution in [2.75, 3.05) is 25.2 Å². The molecular formula is C12H15N3O2S2. The van der Waals surface area contributed by atoms with Gasteiger partial charge in [-0.3, -0.25) is 4.79 Å². The molecule has 0 aliphatic carbocycles. The highest BCUT2D eigenvalue weighted by Crippen LogP contribution is 2.32. The number of hydrogen-bond donors (Lipinski definition) is 1. The van der Waals surface area contributed by atoms with Gasteiger partial charge in [-0.1, -0.05) is 18.7 Å². The van der Waals surface area contributed by atoms with Gasteiger partial charge in [0.2, 0.25) is 5.95 Å². The Labute approximate surface area is 119 Å². The molecule has 0 amide bonds. The van der Waals surface area contributed by atoms with Crippen molar-refractivity contribution in [3.63, 3.8) is 0 Å². The van der Waals surface area contributed by atoms with Crippen LogP contribution in [-0.2, 0) is 16.0 Å². The monoisotopic (exact) mass is 297 g/mol. The van der Waals surface area contributed by atoms with Gasteiger partial charge in [-0.05, 0) is 12.5 Å². The van der Waals surface area contributed by atoms with Gasteiger partial charge in [0.15, 0.2) is 0 Å². The van der Waals surface area contributed by atoms with Crippen LogP contribution in [0.15, 0.2) is 11.1 Å². The number of aromatic nitrogens is 2. The quantitative estimate of drug-likeness (QED) is 0.520. The minimum Gasteiger partial charge on any atom is -0.468 e. The first kappa shape index (κ1) is 14.1. The molecule has 0 aliphatic heterocycles. The third-order valence-electron chi connectivity index (χ3n) is 2.54. The molecule has 0 saturated carbocycles. The average molecular weight is 297 g/mol. The maximum absolute atomic E-state index is 11.2. The third kappa shape index (κ3) is 3.16. The Morgan fingerprint density at radius 1 is 1.53 bits per heavy atom. The number of esters is 1. The van der Waals surface area contributed by atoms with Gasteiger partial charge in [-0.15, -0.1) is 11.3 Å². The molecule has 0 aromatic carbocycles. The number of aryl methyl sites for hydroxylation is 1. The Morgan fingerprint density at radius 2 is 2.32 bits per heavy atom. The number of thiophene rings is 1. The van der Waals surface area contributed by atoms with Crippen molar-refractivity contribution >= 4 is 45.2 Å². The lowest BCUT2D eigenvalue weighted by Crippen LogP contribution is -2.04. The zero-order valence-corrected chi connectivity index (χ0v) is 12.7. The Morgan fingerprint density at radius 3 is 2.95 bits per heavy atom. The van der Waals surface area contributed by atoms with Crippen LogP contribution < -0.4 is 5.32 Å². The first-order valence-electron chi connectivity index (χ1n) is 5.85. The zero-order valence-electron chi connectivity index (χ0n) is 11.0. The summed E-state index contributed by atoms with van der Waals surface area (Å²) in [5, 5.41) is 4.77. The molecule has 2 aromatic rings. The highest BCUT2D eigenvalue weighted by Gasteiger charge is 2.13. The van der Waals surface area contributed by atoms with Crippen LogP contribution in [0.5, 0.6) is 0 Å². The van der Waals surface area contributed by atoms with Gasteiger partial charge in [-0.2, -0.15) is 0 Å². The van der Waals surface area contributed by atoms with Gasteiger partial charge in [0.1, 0.15) is 9.86 Å². The van der Waals surface area contributed by atoms with Gasteiger partial charge in [-0.25, -0.2) is 9.97 Å². The summed E-state index contributed by atoms with van der Waals surface area (Å²) >= 11 is 3.04. The summed E-state index contributed by atoms with van der Waals surface area (Å²) in [5.74, 6) is 0.571. The summed E-state index contributed by atoms with van der Waals surface area (Å²) in [5.41, 5.74) is 0. The Balaban J connectivity index is 2.38. The van der Waals surface area contributed by atoms with E-state index in [0.29, 0.717) is 5.95 Å². The summed E-state index contributed by atoms with van der Waals surface area (Å²) in [6.45, 7) is 2.11. The van der Waals surface area contributed by atoms with Crippen LogP contribution in [-0.4, -0.2) is 35.8 Å². The number of nitrogens with one attached hydrogen (secondary N) is 1. The van der Waals surface area contributed by atoms with Crippen LogP contribution in [0.1, 0.15) is 11.8 Å². The van der Waals surface area contributed by atoms with Crippen LogP contribution in [0.3, 0.4) is 0 Å². The molecule has 0 atom stereocenters. The Kier molecular flexibility index (Phi) is 4.60. The molecule has 0 fully saturated rings. The SMILES string of the molecule is CCc1cc2c(SCC(=O)OC)nc(NC)nc2s1. The van der Waals surface area contributed by atoms with Gasteiger partial charge >= 0.3 is 5.97 Å². The number of hydrogen-bond acceptors (Lipinski definition) is 7. The second-order valence-corrected chi connectivity index (χ2v) is 5.83. The number of thioether (sulfide) groups is 1. The molecule has 0 saturated heterocycles. The lowest BCUT2D eigenvalue weighted by atomic mass is 10.3. The van der Waals surface area contributed by atoms with Crippen LogP contribution in [0.2, 0.25) is 0 Å². The van der Waals surface area contributed by atoms with E-state index < -0.39 is 0 Å². The molecule has 0 aliphatic rings. The molecule has 2 aromatic heterocycles. The van der Waals surface area contributed by atoms with Crippen molar-refractivity contribution in [2.45, 2.75) is 18.4 Å². The molecule has 2 rings (SSSR count). The van der Waals surface area contributed by atoms with E-state index in [1.807, 2.05) is 0 Å². The van der Waals surface area contributed by atoms with E-state index in [4.69, 9.17) is 0 Å². The first-order chi connectivity index (χ1) is 9.17. The van der Waals surface area contributed by atoms with E-state index in [2.05, 4.69) is 33.0 Å². The number of carbonyl (C=O) groups is 1. The molecule has 5 nitrogen and oxygen atoms in total. The smallest absolute Gasteiger partial charge is 0.316 e. The number of ether oxygens (including phenoxy) is 1. The predicted molar refractivity (Wildman–Crippen MR) is 79.1 cm³/mol. The summed E-state index contributed by atoms with van der Waals surface area (Å²) in [7, 11) is 3.17. The fourth-order valence-electron chi connectivity index (χ4n) is 1.53. The first-order valence-corrected chi connectivity index (χ1v) is 7.66. The van der Waals surface area contributed by atoms with Crippen LogP contribution in [0.4, 0.5) is 5.95 Å². The maximum atomic E-state index is 11.2. The zero-order chi connectivity index (χ0) is 13.8. The fourth-order valence-corrected chi connectivity index (χ4v) is 3.39. The molecule has 0 bridgehead atoms. The topological polar surface area (TPSA) is 64.1 Å². The second-order valence-electron chi connectivity index (χ2n) is 3.75.